The zero-order valence-electron chi connectivity index (χ0n) is 16.5. The Morgan fingerprint density at radius 1 is 1.03 bits per heavy atom. The van der Waals surface area contributed by atoms with E-state index in [4.69, 9.17) is 9.15 Å². The Kier molecular flexibility index (Phi) is 5.42. The predicted molar refractivity (Wildman–Crippen MR) is 110 cm³/mol. The number of hydrogen-bond acceptors (Lipinski definition) is 7. The molecule has 0 aliphatic rings. The van der Waals surface area contributed by atoms with Crippen molar-refractivity contribution < 1.29 is 34.4 Å². The van der Waals surface area contributed by atoms with Crippen LogP contribution in [0.4, 0.5) is 0 Å². The number of ether oxygens (including phenoxy) is 1. The van der Waals surface area contributed by atoms with Crippen LogP contribution in [0.3, 0.4) is 0 Å². The first-order valence-electron chi connectivity index (χ1n) is 8.93. The van der Waals surface area contributed by atoms with Gasteiger partial charge in [0.05, 0.1) is 18.1 Å². The van der Waals surface area contributed by atoms with Crippen LogP contribution >= 0.6 is 0 Å². The Balaban J connectivity index is 2.33. The van der Waals surface area contributed by atoms with Gasteiger partial charge in [0.25, 0.3) is 0 Å². The Hall–Kier alpha value is -3.94. The van der Waals surface area contributed by atoms with Crippen molar-refractivity contribution in [1.29, 1.82) is 0 Å². The number of carboxylic acids is 1. The van der Waals surface area contributed by atoms with Gasteiger partial charge in [0.1, 0.15) is 34.1 Å². The molecule has 3 rings (SSSR count). The van der Waals surface area contributed by atoms with Crippen LogP contribution in [0.5, 0.6) is 23.0 Å². The summed E-state index contributed by atoms with van der Waals surface area (Å²) in [5.74, 6) is -2.38. The van der Waals surface area contributed by atoms with Crippen molar-refractivity contribution in [3.8, 4) is 34.1 Å². The molecule has 0 amide bonds. The summed E-state index contributed by atoms with van der Waals surface area (Å²) < 4.78 is 10.8. The first kappa shape index (κ1) is 20.8. The Morgan fingerprint density at radius 2 is 1.73 bits per heavy atom. The molecule has 8 nitrogen and oxygen atoms in total. The number of allylic oxidation sites excluding steroid dienone is 2. The predicted octanol–water partition coefficient (Wildman–Crippen LogP) is 3.79. The smallest absolute Gasteiger partial charge is 0.344 e. The van der Waals surface area contributed by atoms with E-state index in [2.05, 4.69) is 0 Å². The monoisotopic (exact) mass is 412 g/mol. The zero-order chi connectivity index (χ0) is 22.2. The van der Waals surface area contributed by atoms with Gasteiger partial charge in [-0.3, -0.25) is 0 Å². The first-order valence-corrected chi connectivity index (χ1v) is 8.93. The molecule has 0 saturated heterocycles. The summed E-state index contributed by atoms with van der Waals surface area (Å²) >= 11 is 0. The normalized spacial score (nSPS) is 10.8. The zero-order valence-corrected chi connectivity index (χ0v) is 16.5. The van der Waals surface area contributed by atoms with Crippen molar-refractivity contribution in [1.82, 2.24) is 0 Å². The fourth-order valence-corrected chi connectivity index (χ4v) is 3.15. The maximum atomic E-state index is 12.5. The van der Waals surface area contributed by atoms with Crippen LogP contribution in [0, 0.1) is 0 Å². The molecule has 8 heteroatoms. The average Bonchev–Trinajstić information content (AvgIpc) is 2.65. The third kappa shape index (κ3) is 3.67. The van der Waals surface area contributed by atoms with E-state index < -0.39 is 28.7 Å². The van der Waals surface area contributed by atoms with Gasteiger partial charge >= 0.3 is 11.6 Å². The lowest BCUT2D eigenvalue weighted by atomic mass is 9.99. The van der Waals surface area contributed by atoms with E-state index in [9.17, 15) is 30.0 Å². The van der Waals surface area contributed by atoms with Crippen LogP contribution in [0.25, 0.3) is 22.1 Å². The van der Waals surface area contributed by atoms with E-state index in [0.717, 1.165) is 17.7 Å². The van der Waals surface area contributed by atoms with Crippen molar-refractivity contribution in [3.05, 3.63) is 57.5 Å². The first-order chi connectivity index (χ1) is 14.1. The SMILES string of the molecule is COc1c(CC=C(C)C)c(O)cc2oc(=O)c(-c3cc(C(=O)O)c(O)cc3O)cc12. The van der Waals surface area contributed by atoms with Crippen molar-refractivity contribution in [2.75, 3.05) is 7.11 Å². The summed E-state index contributed by atoms with van der Waals surface area (Å²) in [6.07, 6.45) is 2.27. The second-order valence-corrected chi connectivity index (χ2v) is 6.94. The van der Waals surface area contributed by atoms with Crippen LogP contribution in [0.1, 0.15) is 29.8 Å². The summed E-state index contributed by atoms with van der Waals surface area (Å²) in [5, 5.41) is 39.9. The van der Waals surface area contributed by atoms with Gasteiger partial charge in [-0.2, -0.15) is 0 Å². The maximum Gasteiger partial charge on any atom is 0.344 e. The maximum absolute atomic E-state index is 12.5. The van der Waals surface area contributed by atoms with Gasteiger partial charge in [0.2, 0.25) is 0 Å². The standard InChI is InChI=1S/C22H20O8/c1-10(2)4-5-11-18(25)9-19-15(20(11)29-3)7-13(22(28)30-19)12-6-14(21(26)27)17(24)8-16(12)23/h4,6-9,23-25H,5H2,1-3H3,(H,26,27). The second-order valence-electron chi connectivity index (χ2n) is 6.94. The molecule has 0 spiro atoms. The molecular formula is C22H20O8. The van der Waals surface area contributed by atoms with E-state index in [1.165, 1.54) is 19.2 Å². The van der Waals surface area contributed by atoms with E-state index >= 15 is 0 Å². The highest BCUT2D eigenvalue weighted by atomic mass is 16.5. The fraction of sp³-hybridized carbons (Fsp3) is 0.182. The van der Waals surface area contributed by atoms with Gasteiger partial charge in [-0.05, 0) is 32.4 Å². The summed E-state index contributed by atoms with van der Waals surface area (Å²) in [6.45, 7) is 3.82. The number of aromatic hydroxyl groups is 3. The van der Waals surface area contributed by atoms with Crippen molar-refractivity contribution in [2.24, 2.45) is 0 Å². The summed E-state index contributed by atoms with van der Waals surface area (Å²) in [5.41, 5.74) is -0.0148. The molecule has 0 bridgehead atoms. The molecule has 0 radical (unpaired) electrons. The molecule has 0 fully saturated rings. The van der Waals surface area contributed by atoms with E-state index in [1.807, 2.05) is 19.9 Å². The topological polar surface area (TPSA) is 137 Å². The van der Waals surface area contributed by atoms with Gasteiger partial charge in [-0.25, -0.2) is 9.59 Å². The molecule has 1 heterocycles. The largest absolute Gasteiger partial charge is 0.507 e. The van der Waals surface area contributed by atoms with Crippen molar-refractivity contribution in [3.63, 3.8) is 0 Å². The number of carboxylic acid groups (broad SMARTS) is 1. The lowest BCUT2D eigenvalue weighted by Crippen LogP contribution is -2.06. The fourth-order valence-electron chi connectivity index (χ4n) is 3.15. The molecule has 0 unspecified atom stereocenters. The minimum atomic E-state index is -1.43. The van der Waals surface area contributed by atoms with Crippen molar-refractivity contribution in [2.45, 2.75) is 20.3 Å². The number of fused-ring (bicyclic) bond motifs is 1. The van der Waals surface area contributed by atoms with Crippen LogP contribution in [0.2, 0.25) is 0 Å². The molecule has 2 aromatic carbocycles. The quantitative estimate of drug-likeness (QED) is 0.367. The number of rotatable bonds is 5. The highest BCUT2D eigenvalue weighted by Gasteiger charge is 2.21. The van der Waals surface area contributed by atoms with Gasteiger partial charge < -0.3 is 29.6 Å². The molecule has 0 aliphatic carbocycles. The van der Waals surface area contributed by atoms with Crippen LogP contribution in [-0.4, -0.2) is 33.5 Å². The van der Waals surface area contributed by atoms with Crippen molar-refractivity contribution >= 4 is 16.9 Å². The highest BCUT2D eigenvalue weighted by Crippen LogP contribution is 2.40. The highest BCUT2D eigenvalue weighted by molar-refractivity contribution is 5.95. The average molecular weight is 412 g/mol. The number of aromatic carboxylic acids is 1. The van der Waals surface area contributed by atoms with E-state index in [-0.39, 0.29) is 28.2 Å². The third-order valence-corrected chi connectivity index (χ3v) is 4.63. The molecule has 1 aromatic heterocycles. The number of benzene rings is 2. The summed E-state index contributed by atoms with van der Waals surface area (Å²) in [6, 6.07) is 4.53. The molecule has 0 aliphatic heterocycles. The van der Waals surface area contributed by atoms with E-state index in [1.54, 1.807) is 0 Å². The molecule has 0 atom stereocenters. The van der Waals surface area contributed by atoms with Gasteiger partial charge in [0.15, 0.2) is 0 Å². The minimum absolute atomic E-state index is 0.0655. The summed E-state index contributed by atoms with van der Waals surface area (Å²) in [7, 11) is 1.41. The molecule has 156 valence electrons. The van der Waals surface area contributed by atoms with E-state index in [0.29, 0.717) is 17.4 Å². The molecule has 3 aromatic rings. The molecule has 0 saturated carbocycles. The third-order valence-electron chi connectivity index (χ3n) is 4.63. The van der Waals surface area contributed by atoms with Crippen LogP contribution < -0.4 is 10.4 Å². The lowest BCUT2D eigenvalue weighted by Gasteiger charge is -2.14. The number of carbonyl (C=O) groups is 1. The number of methoxy groups -OCH3 is 1. The van der Waals surface area contributed by atoms with Crippen LogP contribution in [-0.2, 0) is 6.42 Å². The molecule has 30 heavy (non-hydrogen) atoms. The number of phenolic OH excluding ortho intramolecular Hbond substituents is 2. The van der Waals surface area contributed by atoms with Gasteiger partial charge in [-0.15, -0.1) is 0 Å². The van der Waals surface area contributed by atoms with Gasteiger partial charge in [-0.1, -0.05) is 11.6 Å². The molecular weight excluding hydrogens is 392 g/mol. The molecule has 4 N–H and O–H groups in total. The van der Waals surface area contributed by atoms with Crippen LogP contribution in [0.15, 0.2) is 45.1 Å². The second kappa shape index (κ2) is 7.82. The number of phenols is 3. The Labute approximate surface area is 170 Å². The minimum Gasteiger partial charge on any atom is -0.507 e. The van der Waals surface area contributed by atoms with Gasteiger partial charge in [0, 0.05) is 23.3 Å². The summed E-state index contributed by atoms with van der Waals surface area (Å²) in [4.78, 5) is 23.9. The Bertz CT molecular complexity index is 1250. The number of hydrogen-bond donors (Lipinski definition) is 4. The lowest BCUT2D eigenvalue weighted by molar-refractivity contribution is 0.0693. The Morgan fingerprint density at radius 3 is 2.33 bits per heavy atom.